The summed E-state index contributed by atoms with van der Waals surface area (Å²) in [6, 6.07) is 6.28. The van der Waals surface area contributed by atoms with Gasteiger partial charge in [0.15, 0.2) is 0 Å². The number of hydrogen-bond acceptors (Lipinski definition) is 2. The maximum atomic E-state index is 5.57. The molecule has 2 rings (SSSR count). The Hall–Kier alpha value is -1.02. The van der Waals surface area contributed by atoms with E-state index >= 15 is 0 Å². The average Bonchev–Trinajstić information content (AvgIpc) is 2.50. The van der Waals surface area contributed by atoms with E-state index in [1.807, 2.05) is 7.05 Å². The molecule has 0 spiro atoms. The molecule has 0 aliphatic carbocycles. The second kappa shape index (κ2) is 3.38. The van der Waals surface area contributed by atoms with Crippen molar-refractivity contribution in [3.63, 3.8) is 0 Å². The number of rotatable bonds is 2. The first-order chi connectivity index (χ1) is 6.33. The molecule has 0 saturated carbocycles. The van der Waals surface area contributed by atoms with Crippen LogP contribution in [0.4, 0.5) is 0 Å². The summed E-state index contributed by atoms with van der Waals surface area (Å²) < 4.78 is 5.57. The van der Waals surface area contributed by atoms with Crippen LogP contribution < -0.4 is 10.1 Å². The minimum absolute atomic E-state index is 0.541. The fourth-order valence-electron chi connectivity index (χ4n) is 1.92. The third-order valence-corrected chi connectivity index (χ3v) is 2.51. The molecule has 2 heteroatoms. The molecule has 0 fully saturated rings. The van der Waals surface area contributed by atoms with Gasteiger partial charge < -0.3 is 10.1 Å². The van der Waals surface area contributed by atoms with E-state index in [-0.39, 0.29) is 0 Å². The van der Waals surface area contributed by atoms with Crippen LogP contribution >= 0.6 is 0 Å². The smallest absolute Gasteiger partial charge is 0.123 e. The molecule has 1 atom stereocenters. The Morgan fingerprint density at radius 1 is 1.54 bits per heavy atom. The van der Waals surface area contributed by atoms with E-state index in [1.54, 1.807) is 0 Å². The summed E-state index contributed by atoms with van der Waals surface area (Å²) in [6.45, 7) is 3.97. The van der Waals surface area contributed by atoms with Crippen molar-refractivity contribution in [2.24, 2.45) is 0 Å². The maximum absolute atomic E-state index is 5.57. The van der Waals surface area contributed by atoms with Crippen molar-refractivity contribution < 1.29 is 4.74 Å². The van der Waals surface area contributed by atoms with Gasteiger partial charge in [-0.15, -0.1) is 0 Å². The lowest BCUT2D eigenvalue weighted by molar-refractivity contribution is 0.337. The highest BCUT2D eigenvalue weighted by atomic mass is 16.5. The maximum Gasteiger partial charge on any atom is 0.123 e. The van der Waals surface area contributed by atoms with Crippen molar-refractivity contribution >= 4 is 0 Å². The minimum atomic E-state index is 0.541. The fourth-order valence-corrected chi connectivity index (χ4v) is 1.92. The van der Waals surface area contributed by atoms with Crippen LogP contribution in [0, 0.1) is 0 Å². The fraction of sp³-hybridized carbons (Fsp3) is 0.455. The van der Waals surface area contributed by atoms with Crippen LogP contribution in [0.3, 0.4) is 0 Å². The van der Waals surface area contributed by atoms with Crippen molar-refractivity contribution in [1.82, 2.24) is 5.32 Å². The lowest BCUT2D eigenvalue weighted by atomic mass is 9.97. The number of fused-ring (bicyclic) bond motifs is 1. The first kappa shape index (κ1) is 8.57. The molecule has 1 unspecified atom stereocenters. The van der Waals surface area contributed by atoms with Crippen LogP contribution in [-0.4, -0.2) is 13.7 Å². The standard InChI is InChI=1S/C11H15NO/c1-8-7-13-10-5-3-4-9(6-12-2)11(8)10/h3-5,8,12H,6-7H2,1-2H3. The summed E-state index contributed by atoms with van der Waals surface area (Å²) in [5, 5.41) is 3.18. The van der Waals surface area contributed by atoms with E-state index in [0.29, 0.717) is 5.92 Å². The van der Waals surface area contributed by atoms with Crippen LogP contribution in [0.1, 0.15) is 24.0 Å². The first-order valence-corrected chi connectivity index (χ1v) is 4.72. The quantitative estimate of drug-likeness (QED) is 0.745. The van der Waals surface area contributed by atoms with Crippen molar-refractivity contribution in [3.05, 3.63) is 29.3 Å². The molecule has 0 amide bonds. The molecule has 0 bridgehead atoms. The number of benzene rings is 1. The lowest BCUT2D eigenvalue weighted by Gasteiger charge is -2.08. The monoisotopic (exact) mass is 177 g/mol. The van der Waals surface area contributed by atoms with Gasteiger partial charge in [-0.1, -0.05) is 19.1 Å². The predicted octanol–water partition coefficient (Wildman–Crippen LogP) is 1.90. The van der Waals surface area contributed by atoms with Gasteiger partial charge in [-0.05, 0) is 18.7 Å². The summed E-state index contributed by atoms with van der Waals surface area (Å²) in [5.74, 6) is 1.61. The van der Waals surface area contributed by atoms with Gasteiger partial charge >= 0.3 is 0 Å². The molecule has 1 aromatic rings. The van der Waals surface area contributed by atoms with E-state index < -0.39 is 0 Å². The molecule has 0 saturated heterocycles. The van der Waals surface area contributed by atoms with Gasteiger partial charge in [-0.25, -0.2) is 0 Å². The van der Waals surface area contributed by atoms with E-state index in [2.05, 4.69) is 30.4 Å². The third-order valence-electron chi connectivity index (χ3n) is 2.51. The Morgan fingerprint density at radius 3 is 3.15 bits per heavy atom. The van der Waals surface area contributed by atoms with Gasteiger partial charge in [0.25, 0.3) is 0 Å². The van der Waals surface area contributed by atoms with Crippen LogP contribution in [0.5, 0.6) is 5.75 Å². The summed E-state index contributed by atoms with van der Waals surface area (Å²) >= 11 is 0. The molecule has 1 N–H and O–H groups in total. The van der Waals surface area contributed by atoms with Gasteiger partial charge in [0, 0.05) is 18.0 Å². The molecule has 1 heterocycles. The molecule has 1 aliphatic rings. The van der Waals surface area contributed by atoms with Crippen LogP contribution in [0.15, 0.2) is 18.2 Å². The zero-order valence-corrected chi connectivity index (χ0v) is 8.13. The van der Waals surface area contributed by atoms with Crippen LogP contribution in [0.2, 0.25) is 0 Å². The zero-order valence-electron chi connectivity index (χ0n) is 8.13. The van der Waals surface area contributed by atoms with E-state index in [9.17, 15) is 0 Å². The van der Waals surface area contributed by atoms with Gasteiger partial charge in [0.2, 0.25) is 0 Å². The summed E-state index contributed by atoms with van der Waals surface area (Å²) in [4.78, 5) is 0. The van der Waals surface area contributed by atoms with Crippen molar-refractivity contribution in [3.8, 4) is 5.75 Å². The summed E-state index contributed by atoms with van der Waals surface area (Å²) in [5.41, 5.74) is 2.75. The molecule has 2 nitrogen and oxygen atoms in total. The van der Waals surface area contributed by atoms with Gasteiger partial charge in [-0.3, -0.25) is 0 Å². The second-order valence-corrected chi connectivity index (χ2v) is 3.57. The largest absolute Gasteiger partial charge is 0.493 e. The Bertz CT molecular complexity index is 309. The summed E-state index contributed by atoms with van der Waals surface area (Å²) in [6.07, 6.45) is 0. The van der Waals surface area contributed by atoms with Crippen molar-refractivity contribution in [2.45, 2.75) is 19.4 Å². The van der Waals surface area contributed by atoms with E-state index in [0.717, 1.165) is 18.9 Å². The Morgan fingerprint density at radius 2 is 2.38 bits per heavy atom. The van der Waals surface area contributed by atoms with Crippen molar-refractivity contribution in [1.29, 1.82) is 0 Å². The van der Waals surface area contributed by atoms with E-state index in [4.69, 9.17) is 4.74 Å². The van der Waals surface area contributed by atoms with Gasteiger partial charge in [0.05, 0.1) is 6.61 Å². The van der Waals surface area contributed by atoms with Crippen LogP contribution in [-0.2, 0) is 6.54 Å². The van der Waals surface area contributed by atoms with Crippen molar-refractivity contribution in [2.75, 3.05) is 13.7 Å². The SMILES string of the molecule is CNCc1cccc2c1C(C)CO2. The Balaban J connectivity index is 2.41. The van der Waals surface area contributed by atoms with Crippen LogP contribution in [0.25, 0.3) is 0 Å². The minimum Gasteiger partial charge on any atom is -0.493 e. The van der Waals surface area contributed by atoms with Gasteiger partial charge in [0.1, 0.15) is 5.75 Å². The zero-order chi connectivity index (χ0) is 9.26. The molecular weight excluding hydrogens is 162 g/mol. The Kier molecular flexibility index (Phi) is 2.23. The second-order valence-electron chi connectivity index (χ2n) is 3.57. The molecule has 1 aromatic carbocycles. The third kappa shape index (κ3) is 1.42. The molecule has 70 valence electrons. The first-order valence-electron chi connectivity index (χ1n) is 4.72. The number of hydrogen-bond donors (Lipinski definition) is 1. The number of nitrogens with one attached hydrogen (secondary N) is 1. The molecular formula is C11H15NO. The summed E-state index contributed by atoms with van der Waals surface area (Å²) in [7, 11) is 1.97. The lowest BCUT2D eigenvalue weighted by Crippen LogP contribution is -2.08. The highest BCUT2D eigenvalue weighted by molar-refractivity contribution is 5.45. The highest BCUT2D eigenvalue weighted by Gasteiger charge is 2.22. The topological polar surface area (TPSA) is 21.3 Å². The average molecular weight is 177 g/mol. The Labute approximate surface area is 78.9 Å². The van der Waals surface area contributed by atoms with Gasteiger partial charge in [-0.2, -0.15) is 0 Å². The normalized spacial score (nSPS) is 19.7. The molecule has 0 aromatic heterocycles. The highest BCUT2D eigenvalue weighted by Crippen LogP contribution is 2.35. The van der Waals surface area contributed by atoms with E-state index in [1.165, 1.54) is 11.1 Å². The molecule has 0 radical (unpaired) electrons. The number of ether oxygens (including phenoxy) is 1. The predicted molar refractivity (Wildman–Crippen MR) is 53.1 cm³/mol. The molecule has 1 aliphatic heterocycles. The molecule has 13 heavy (non-hydrogen) atoms.